The molecule has 0 saturated carbocycles. The van der Waals surface area contributed by atoms with Gasteiger partial charge < -0.3 is 0 Å². The fourth-order valence-corrected chi connectivity index (χ4v) is 0. The molecule has 0 bridgehead atoms. The van der Waals surface area contributed by atoms with E-state index < -0.39 is 0 Å². The van der Waals surface area contributed by atoms with Crippen LogP contribution >= 0.6 is 0 Å². The van der Waals surface area contributed by atoms with Gasteiger partial charge in [0, 0.05) is 137 Å². The van der Waals surface area contributed by atoms with Crippen molar-refractivity contribution in [2.24, 2.45) is 0 Å². The molecule has 0 N–H and O–H groups in total. The van der Waals surface area contributed by atoms with Crippen molar-refractivity contribution in [3.8, 4) is 0 Å². The van der Waals surface area contributed by atoms with E-state index >= 15 is 0 Å². The Hall–Kier alpha value is 4.57. The molecule has 0 heterocycles. The quantitative estimate of drug-likeness (QED) is 0.493. The Morgan fingerprint density at radius 2 is 1.00 bits per heavy atom. The van der Waals surface area contributed by atoms with Gasteiger partial charge in [-0.2, -0.15) is 0 Å². The predicted octanol–water partition coefficient (Wildman–Crippen LogP) is -0.00500. The van der Waals surface area contributed by atoms with Gasteiger partial charge in [-0.05, 0) is 0 Å². The minimum absolute atomic E-state index is 0. The van der Waals surface area contributed by atoms with Crippen molar-refractivity contribution in [2.75, 3.05) is 0 Å². The van der Waals surface area contributed by atoms with Crippen molar-refractivity contribution >= 4 is 0 Å². The monoisotopic (exact) mass is 442 g/mol. The van der Waals surface area contributed by atoms with E-state index in [1.54, 1.807) is 0 Å². The van der Waals surface area contributed by atoms with Crippen LogP contribution in [-0.4, -0.2) is 0 Å². The third-order valence-corrected chi connectivity index (χ3v) is 0. The van der Waals surface area contributed by atoms with Crippen molar-refractivity contribution in [3.63, 3.8) is 0 Å². The minimum Gasteiger partial charge on any atom is 0 e. The largest absolute Gasteiger partial charge is 0 e. The zero-order valence-electron chi connectivity index (χ0n) is 1.94. The van der Waals surface area contributed by atoms with Crippen LogP contribution in [0, 0.1) is 78.1 Å². The van der Waals surface area contributed by atoms with Gasteiger partial charge in [0.15, 0.2) is 0 Å². The SMILES string of the molecule is [Er].[Nd].[Sc].[Y]. The van der Waals surface area contributed by atoms with Gasteiger partial charge in [-0.15, -0.1) is 0 Å². The smallest absolute Gasteiger partial charge is 0 e. The molecular weight excluding hydrogens is 445 g/mol. The molecule has 0 unspecified atom stereocenters. The van der Waals surface area contributed by atoms with Crippen LogP contribution in [0.3, 0.4) is 0 Å². The molecule has 0 aromatic carbocycles. The summed E-state index contributed by atoms with van der Waals surface area (Å²) in [5.74, 6) is 0. The number of hydrogen-bond donors (Lipinski definition) is 0. The molecule has 0 amide bonds. The van der Waals surface area contributed by atoms with E-state index in [4.69, 9.17) is 0 Å². The molecule has 0 aliphatic heterocycles. The van der Waals surface area contributed by atoms with Crippen LogP contribution in [0.5, 0.6) is 0 Å². The molecule has 0 fully saturated rings. The Kier molecular flexibility index (Phi) is 92.0. The predicted molar refractivity (Wildman–Crippen MR) is 0 cm³/mol. The minimum atomic E-state index is 0. The molecule has 0 rings (SSSR count). The summed E-state index contributed by atoms with van der Waals surface area (Å²) < 4.78 is 0. The summed E-state index contributed by atoms with van der Waals surface area (Å²) in [6.07, 6.45) is 0. The first-order valence-electron chi connectivity index (χ1n) is 0. The molecule has 0 aromatic rings. The van der Waals surface area contributed by atoms with Gasteiger partial charge in [0.25, 0.3) is 0 Å². The summed E-state index contributed by atoms with van der Waals surface area (Å²) in [7, 11) is 0. The van der Waals surface area contributed by atoms with E-state index in [9.17, 15) is 0 Å². The van der Waals surface area contributed by atoms with E-state index in [1.165, 1.54) is 0 Å². The van der Waals surface area contributed by atoms with E-state index in [-0.39, 0.29) is 137 Å². The number of rotatable bonds is 0. The van der Waals surface area contributed by atoms with E-state index in [0.29, 0.717) is 0 Å². The van der Waals surface area contributed by atoms with Crippen molar-refractivity contribution in [3.05, 3.63) is 0 Å². The van der Waals surface area contributed by atoms with E-state index in [2.05, 4.69) is 0 Å². The van der Waals surface area contributed by atoms with Crippen LogP contribution in [0.25, 0.3) is 0 Å². The molecule has 0 saturated heterocycles. The van der Waals surface area contributed by atoms with Crippen molar-refractivity contribution in [1.82, 2.24) is 0 Å². The second-order valence-corrected chi connectivity index (χ2v) is 0. The van der Waals surface area contributed by atoms with Gasteiger partial charge >= 0.3 is 0 Å². The third-order valence-electron chi connectivity index (χ3n) is 0. The first-order valence-corrected chi connectivity index (χ1v) is 0. The molecule has 0 aliphatic rings. The average molecular weight is 445 g/mol. The van der Waals surface area contributed by atoms with Gasteiger partial charge in [0.2, 0.25) is 0 Å². The van der Waals surface area contributed by atoms with Crippen LogP contribution in [0.15, 0.2) is 0 Å². The molecular formula is ErNdScY. The van der Waals surface area contributed by atoms with E-state index in [0.717, 1.165) is 0 Å². The Morgan fingerprint density at radius 3 is 1.00 bits per heavy atom. The maximum atomic E-state index is 0. The zero-order valence-corrected chi connectivity index (χ0v) is 11.6. The Bertz CT molecular complexity index is 8.00. The normalized spacial score (nSPS) is 0. The summed E-state index contributed by atoms with van der Waals surface area (Å²) in [6, 6.07) is 0. The molecule has 4 heteroatoms. The van der Waals surface area contributed by atoms with Gasteiger partial charge in [-0.1, -0.05) is 0 Å². The van der Waals surface area contributed by atoms with Crippen molar-refractivity contribution < 1.29 is 137 Å². The van der Waals surface area contributed by atoms with Crippen LogP contribution in [-0.2, 0) is 58.6 Å². The second kappa shape index (κ2) is 15.6. The standard InChI is InChI=1S/Er.Nd.Sc.Y. The van der Waals surface area contributed by atoms with Crippen LogP contribution in [0.1, 0.15) is 0 Å². The molecule has 0 aliphatic carbocycles. The molecule has 0 spiro atoms. The van der Waals surface area contributed by atoms with Gasteiger partial charge in [-0.25, -0.2) is 0 Å². The van der Waals surface area contributed by atoms with Crippen molar-refractivity contribution in [2.45, 2.75) is 0 Å². The van der Waals surface area contributed by atoms with Crippen LogP contribution in [0.4, 0.5) is 0 Å². The summed E-state index contributed by atoms with van der Waals surface area (Å²) in [5, 5.41) is 0. The van der Waals surface area contributed by atoms with Crippen LogP contribution < -0.4 is 0 Å². The van der Waals surface area contributed by atoms with Gasteiger partial charge in [0.1, 0.15) is 0 Å². The molecule has 4 heavy (non-hydrogen) atoms. The maximum Gasteiger partial charge on any atom is 0 e. The molecule has 2 radical (unpaired) electrons. The molecule has 0 nitrogen and oxygen atoms in total. The van der Waals surface area contributed by atoms with Gasteiger partial charge in [0.05, 0.1) is 0 Å². The molecule has 0 aromatic heterocycles. The Labute approximate surface area is 132 Å². The maximum absolute atomic E-state index is 0. The Balaban J connectivity index is 0. The fraction of sp³-hybridized carbons (Fsp3) is 0. The topological polar surface area (TPSA) is 0 Å². The molecule has 22 valence electrons. The Morgan fingerprint density at radius 1 is 1.00 bits per heavy atom. The molecule has 0 atom stereocenters. The second-order valence-electron chi connectivity index (χ2n) is 0. The third kappa shape index (κ3) is 9.76. The average Bonchev–Trinajstić information content (AvgIpc) is 0. The number of hydrogen-bond acceptors (Lipinski definition) is 0. The first-order chi connectivity index (χ1) is 0. The summed E-state index contributed by atoms with van der Waals surface area (Å²) >= 11 is 0. The zero-order chi connectivity index (χ0) is 0. The first kappa shape index (κ1) is 23.5. The fourth-order valence-electron chi connectivity index (χ4n) is 0. The summed E-state index contributed by atoms with van der Waals surface area (Å²) in [5.41, 5.74) is 0. The summed E-state index contributed by atoms with van der Waals surface area (Å²) in [4.78, 5) is 0. The van der Waals surface area contributed by atoms with Crippen LogP contribution in [0.2, 0.25) is 0 Å². The van der Waals surface area contributed by atoms with Gasteiger partial charge in [-0.3, -0.25) is 0 Å². The summed E-state index contributed by atoms with van der Waals surface area (Å²) in [6.45, 7) is 0. The van der Waals surface area contributed by atoms with Crippen molar-refractivity contribution in [1.29, 1.82) is 0 Å². The van der Waals surface area contributed by atoms with E-state index in [1.807, 2.05) is 0 Å².